The van der Waals surface area contributed by atoms with Crippen LogP contribution in [0, 0.1) is 0 Å². The van der Waals surface area contributed by atoms with Crippen molar-refractivity contribution in [3.05, 3.63) is 58.6 Å². The Hall–Kier alpha value is -3.02. The molecule has 0 saturated carbocycles. The number of fused-ring (bicyclic) bond motifs is 1. The molecule has 3 rings (SSSR count). The molecule has 6 heteroatoms. The van der Waals surface area contributed by atoms with Crippen LogP contribution in [0.2, 0.25) is 0 Å². The highest BCUT2D eigenvalue weighted by atomic mass is 16.5. The summed E-state index contributed by atoms with van der Waals surface area (Å²) in [4.78, 5) is 25.9. The normalized spacial score (nSPS) is 10.6. The Morgan fingerprint density at radius 2 is 2.00 bits per heavy atom. The van der Waals surface area contributed by atoms with Gasteiger partial charge in [-0.3, -0.25) is 9.78 Å². The van der Waals surface area contributed by atoms with Crippen molar-refractivity contribution in [3.63, 3.8) is 0 Å². The first kappa shape index (κ1) is 13.9. The Labute approximate surface area is 125 Å². The van der Waals surface area contributed by atoms with Gasteiger partial charge in [0, 0.05) is 0 Å². The first-order valence-electron chi connectivity index (χ1n) is 6.70. The minimum absolute atomic E-state index is 0.193. The molecule has 1 heterocycles. The van der Waals surface area contributed by atoms with E-state index < -0.39 is 5.76 Å². The van der Waals surface area contributed by atoms with Gasteiger partial charge in [-0.15, -0.1) is 0 Å². The number of benzene rings is 2. The van der Waals surface area contributed by atoms with E-state index in [1.54, 1.807) is 37.4 Å². The first-order valence-corrected chi connectivity index (χ1v) is 6.70. The lowest BCUT2D eigenvalue weighted by molar-refractivity contribution is -0.115. The van der Waals surface area contributed by atoms with E-state index in [1.165, 1.54) is 0 Å². The summed E-state index contributed by atoms with van der Waals surface area (Å²) in [6, 6.07) is 12.4. The third-order valence-corrected chi connectivity index (χ3v) is 3.24. The molecular formula is C16H14N2O4. The number of rotatable bonds is 4. The summed E-state index contributed by atoms with van der Waals surface area (Å²) in [5.41, 5.74) is 2.22. The van der Waals surface area contributed by atoms with E-state index in [1.807, 2.05) is 12.1 Å². The number of aromatic amines is 1. The summed E-state index contributed by atoms with van der Waals surface area (Å²) < 4.78 is 10.1. The number of methoxy groups -OCH3 is 1. The Bertz CT molecular complexity index is 862. The van der Waals surface area contributed by atoms with Crippen LogP contribution in [0.15, 0.2) is 51.7 Å². The molecule has 0 radical (unpaired) electrons. The molecule has 0 bridgehead atoms. The molecule has 1 amide bonds. The number of oxazole rings is 1. The van der Waals surface area contributed by atoms with Crippen LogP contribution in [0.1, 0.15) is 5.56 Å². The van der Waals surface area contributed by atoms with Crippen LogP contribution in [0.25, 0.3) is 11.1 Å². The predicted molar refractivity (Wildman–Crippen MR) is 82.2 cm³/mol. The van der Waals surface area contributed by atoms with Crippen LogP contribution in [0.3, 0.4) is 0 Å². The van der Waals surface area contributed by atoms with E-state index in [-0.39, 0.29) is 12.3 Å². The van der Waals surface area contributed by atoms with E-state index in [2.05, 4.69) is 10.3 Å². The number of carbonyl (C=O) groups is 1. The van der Waals surface area contributed by atoms with Crippen LogP contribution in [0.4, 0.5) is 5.69 Å². The Morgan fingerprint density at radius 3 is 2.73 bits per heavy atom. The fraction of sp³-hybridized carbons (Fsp3) is 0.125. The molecule has 6 nitrogen and oxygen atoms in total. The van der Waals surface area contributed by atoms with E-state index >= 15 is 0 Å². The lowest BCUT2D eigenvalue weighted by Gasteiger charge is -2.06. The number of nitrogens with one attached hydrogen (secondary N) is 2. The maximum absolute atomic E-state index is 12.1. The fourth-order valence-corrected chi connectivity index (χ4v) is 2.20. The van der Waals surface area contributed by atoms with Crippen molar-refractivity contribution in [1.82, 2.24) is 4.98 Å². The van der Waals surface area contributed by atoms with Gasteiger partial charge < -0.3 is 14.5 Å². The number of carbonyl (C=O) groups excluding carboxylic acids is 1. The molecule has 22 heavy (non-hydrogen) atoms. The van der Waals surface area contributed by atoms with Crippen LogP contribution in [-0.2, 0) is 11.2 Å². The molecule has 2 aromatic carbocycles. The van der Waals surface area contributed by atoms with Gasteiger partial charge in [0.25, 0.3) is 0 Å². The first-order chi connectivity index (χ1) is 10.7. The zero-order chi connectivity index (χ0) is 15.5. The number of anilines is 1. The summed E-state index contributed by atoms with van der Waals surface area (Å²) in [5, 5.41) is 2.75. The Balaban J connectivity index is 1.76. The van der Waals surface area contributed by atoms with Crippen LogP contribution < -0.4 is 15.8 Å². The predicted octanol–water partition coefficient (Wildman–Crippen LogP) is 2.31. The maximum Gasteiger partial charge on any atom is 0.417 e. The highest BCUT2D eigenvalue weighted by molar-refractivity contribution is 5.99. The number of hydrogen-bond donors (Lipinski definition) is 2. The van der Waals surface area contributed by atoms with Gasteiger partial charge >= 0.3 is 5.76 Å². The Kier molecular flexibility index (Phi) is 3.65. The monoisotopic (exact) mass is 298 g/mol. The maximum atomic E-state index is 12.1. The van der Waals surface area contributed by atoms with Crippen LogP contribution in [0.5, 0.6) is 5.75 Å². The standard InChI is InChI=1S/C16H14N2O4/c1-21-11-7-5-10(6-8-11)9-14(19)17-12-3-2-4-13-15(12)22-16(20)18-13/h2-8H,9H2,1H3,(H,17,19)(H,18,20). The number of ether oxygens (including phenoxy) is 1. The van der Waals surface area contributed by atoms with E-state index in [9.17, 15) is 9.59 Å². The van der Waals surface area contributed by atoms with Crippen molar-refractivity contribution in [2.75, 3.05) is 12.4 Å². The second-order valence-corrected chi connectivity index (χ2v) is 4.77. The molecule has 0 aliphatic carbocycles. The van der Waals surface area contributed by atoms with Gasteiger partial charge in [-0.05, 0) is 29.8 Å². The summed E-state index contributed by atoms with van der Waals surface area (Å²) in [7, 11) is 1.59. The molecule has 3 aromatic rings. The smallest absolute Gasteiger partial charge is 0.417 e. The van der Waals surface area contributed by atoms with Crippen molar-refractivity contribution in [2.24, 2.45) is 0 Å². The summed E-state index contributed by atoms with van der Waals surface area (Å²) in [6.45, 7) is 0. The van der Waals surface area contributed by atoms with Gasteiger partial charge in [0.1, 0.15) is 5.75 Å². The lowest BCUT2D eigenvalue weighted by atomic mass is 10.1. The number of H-pyrrole nitrogens is 1. The summed E-state index contributed by atoms with van der Waals surface area (Å²) in [5.74, 6) is -0.00334. The third-order valence-electron chi connectivity index (χ3n) is 3.24. The molecular weight excluding hydrogens is 284 g/mol. The summed E-state index contributed by atoms with van der Waals surface area (Å²) >= 11 is 0. The van der Waals surface area contributed by atoms with E-state index in [4.69, 9.17) is 9.15 Å². The zero-order valence-corrected chi connectivity index (χ0v) is 11.9. The minimum Gasteiger partial charge on any atom is -0.497 e. The quantitative estimate of drug-likeness (QED) is 0.774. The highest BCUT2D eigenvalue weighted by Crippen LogP contribution is 2.21. The molecule has 0 unspecified atom stereocenters. The van der Waals surface area contributed by atoms with Crippen molar-refractivity contribution in [1.29, 1.82) is 0 Å². The number of hydrogen-bond acceptors (Lipinski definition) is 4. The largest absolute Gasteiger partial charge is 0.497 e. The average Bonchev–Trinajstić information content (AvgIpc) is 2.89. The van der Waals surface area contributed by atoms with Gasteiger partial charge in [0.05, 0.1) is 24.7 Å². The van der Waals surface area contributed by atoms with Gasteiger partial charge in [0.2, 0.25) is 5.91 Å². The molecule has 1 aromatic heterocycles. The zero-order valence-electron chi connectivity index (χ0n) is 11.9. The molecule has 0 aliphatic heterocycles. The molecule has 2 N–H and O–H groups in total. The average molecular weight is 298 g/mol. The number of amides is 1. The van der Waals surface area contributed by atoms with Gasteiger partial charge in [0.15, 0.2) is 5.58 Å². The Morgan fingerprint density at radius 1 is 1.23 bits per heavy atom. The van der Waals surface area contributed by atoms with Crippen molar-refractivity contribution in [3.8, 4) is 5.75 Å². The van der Waals surface area contributed by atoms with E-state index in [0.717, 1.165) is 11.3 Å². The molecule has 0 spiro atoms. The van der Waals surface area contributed by atoms with Crippen LogP contribution >= 0.6 is 0 Å². The van der Waals surface area contributed by atoms with Crippen molar-refractivity contribution in [2.45, 2.75) is 6.42 Å². The van der Waals surface area contributed by atoms with Crippen molar-refractivity contribution < 1.29 is 13.9 Å². The highest BCUT2D eigenvalue weighted by Gasteiger charge is 2.10. The van der Waals surface area contributed by atoms with Gasteiger partial charge in [-0.1, -0.05) is 18.2 Å². The molecule has 0 fully saturated rings. The van der Waals surface area contributed by atoms with Crippen LogP contribution in [-0.4, -0.2) is 18.0 Å². The van der Waals surface area contributed by atoms with Gasteiger partial charge in [-0.25, -0.2) is 4.79 Å². The van der Waals surface area contributed by atoms with Crippen molar-refractivity contribution >= 4 is 22.7 Å². The summed E-state index contributed by atoms with van der Waals surface area (Å²) in [6.07, 6.45) is 0.217. The lowest BCUT2D eigenvalue weighted by Crippen LogP contribution is -2.14. The van der Waals surface area contributed by atoms with Gasteiger partial charge in [-0.2, -0.15) is 0 Å². The third kappa shape index (κ3) is 2.85. The minimum atomic E-state index is -0.549. The number of aromatic nitrogens is 1. The molecule has 0 atom stereocenters. The number of para-hydroxylation sites is 1. The SMILES string of the molecule is COc1ccc(CC(=O)Nc2cccc3[nH]c(=O)oc23)cc1. The topological polar surface area (TPSA) is 84.3 Å². The fourth-order valence-electron chi connectivity index (χ4n) is 2.20. The molecule has 112 valence electrons. The van der Waals surface area contributed by atoms with E-state index in [0.29, 0.717) is 16.8 Å². The second kappa shape index (κ2) is 5.77. The molecule has 0 aliphatic rings. The second-order valence-electron chi connectivity index (χ2n) is 4.77. The molecule has 0 saturated heterocycles.